The Hall–Kier alpha value is -1.68. The fourth-order valence-electron chi connectivity index (χ4n) is 1.01. The standard InChI is InChI=1S/C8H13N5O4S/c1-17-3-2-9-6(14)4-13-8(10-11-12-13)18-5-7(15)16/h2-5H2,1H3,(H,9,14)(H,15,16). The predicted molar refractivity (Wildman–Crippen MR) is 61.1 cm³/mol. The molecule has 0 aliphatic carbocycles. The van der Waals surface area contributed by atoms with Crippen molar-refractivity contribution < 1.29 is 19.4 Å². The van der Waals surface area contributed by atoms with Crippen LogP contribution in [0.25, 0.3) is 0 Å². The van der Waals surface area contributed by atoms with Crippen LogP contribution in [-0.4, -0.2) is 63.2 Å². The maximum Gasteiger partial charge on any atom is 0.313 e. The summed E-state index contributed by atoms with van der Waals surface area (Å²) in [6.07, 6.45) is 0. The molecule has 0 aliphatic rings. The molecular weight excluding hydrogens is 262 g/mol. The number of carboxylic acids is 1. The summed E-state index contributed by atoms with van der Waals surface area (Å²) in [4.78, 5) is 21.9. The van der Waals surface area contributed by atoms with E-state index in [2.05, 4.69) is 20.8 Å². The number of thioether (sulfide) groups is 1. The number of hydrogen-bond donors (Lipinski definition) is 2. The molecule has 0 aliphatic heterocycles. The second-order valence-electron chi connectivity index (χ2n) is 3.14. The Morgan fingerprint density at radius 2 is 2.33 bits per heavy atom. The van der Waals surface area contributed by atoms with E-state index in [4.69, 9.17) is 9.84 Å². The molecule has 0 radical (unpaired) electrons. The normalized spacial score (nSPS) is 10.3. The molecule has 0 spiro atoms. The second-order valence-corrected chi connectivity index (χ2v) is 4.09. The van der Waals surface area contributed by atoms with Crippen LogP contribution in [0.3, 0.4) is 0 Å². The molecule has 1 rings (SSSR count). The van der Waals surface area contributed by atoms with Gasteiger partial charge in [0.1, 0.15) is 6.54 Å². The fraction of sp³-hybridized carbons (Fsp3) is 0.625. The summed E-state index contributed by atoms with van der Waals surface area (Å²) >= 11 is 0.955. The molecule has 18 heavy (non-hydrogen) atoms. The van der Waals surface area contributed by atoms with Crippen molar-refractivity contribution in [1.82, 2.24) is 25.5 Å². The minimum Gasteiger partial charge on any atom is -0.481 e. The largest absolute Gasteiger partial charge is 0.481 e. The van der Waals surface area contributed by atoms with Crippen molar-refractivity contribution in [3.8, 4) is 0 Å². The number of aromatic nitrogens is 4. The molecule has 2 N–H and O–H groups in total. The lowest BCUT2D eigenvalue weighted by atomic mass is 10.5. The molecule has 1 aromatic rings. The SMILES string of the molecule is COCCNC(=O)Cn1nnnc1SCC(=O)O. The number of aliphatic carboxylic acids is 1. The molecule has 1 heterocycles. The van der Waals surface area contributed by atoms with Crippen molar-refractivity contribution >= 4 is 23.6 Å². The van der Waals surface area contributed by atoms with Crippen LogP contribution >= 0.6 is 11.8 Å². The van der Waals surface area contributed by atoms with Crippen molar-refractivity contribution in [2.45, 2.75) is 11.7 Å². The summed E-state index contributed by atoms with van der Waals surface area (Å²) in [6, 6.07) is 0. The van der Waals surface area contributed by atoms with Gasteiger partial charge in [-0.3, -0.25) is 9.59 Å². The highest BCUT2D eigenvalue weighted by Gasteiger charge is 2.11. The van der Waals surface area contributed by atoms with Crippen molar-refractivity contribution in [3.63, 3.8) is 0 Å². The van der Waals surface area contributed by atoms with Crippen molar-refractivity contribution in [3.05, 3.63) is 0 Å². The van der Waals surface area contributed by atoms with Gasteiger partial charge >= 0.3 is 5.97 Å². The van der Waals surface area contributed by atoms with Crippen LogP contribution in [0.15, 0.2) is 5.16 Å². The molecular formula is C8H13N5O4S. The highest BCUT2D eigenvalue weighted by atomic mass is 32.2. The molecule has 1 amide bonds. The van der Waals surface area contributed by atoms with Gasteiger partial charge in [-0.1, -0.05) is 11.8 Å². The van der Waals surface area contributed by atoms with E-state index in [1.54, 1.807) is 0 Å². The number of carbonyl (C=O) groups is 2. The summed E-state index contributed by atoms with van der Waals surface area (Å²) in [6.45, 7) is 0.760. The van der Waals surface area contributed by atoms with Crippen molar-refractivity contribution in [2.75, 3.05) is 26.0 Å². The third-order valence-electron chi connectivity index (χ3n) is 1.75. The van der Waals surface area contributed by atoms with Gasteiger partial charge < -0.3 is 15.2 Å². The van der Waals surface area contributed by atoms with Gasteiger partial charge in [-0.2, -0.15) is 0 Å². The number of carboxylic acid groups (broad SMARTS) is 1. The van der Waals surface area contributed by atoms with Gasteiger partial charge in [0, 0.05) is 13.7 Å². The number of methoxy groups -OCH3 is 1. The number of rotatable bonds is 8. The third-order valence-corrected chi connectivity index (χ3v) is 2.69. The first-order chi connectivity index (χ1) is 8.63. The maximum absolute atomic E-state index is 11.5. The lowest BCUT2D eigenvalue weighted by molar-refractivity contribution is -0.133. The van der Waals surface area contributed by atoms with E-state index in [1.165, 1.54) is 11.8 Å². The maximum atomic E-state index is 11.5. The predicted octanol–water partition coefficient (Wildman–Crippen LogP) is -1.39. The molecule has 100 valence electrons. The molecule has 0 fully saturated rings. The Kier molecular flexibility index (Phi) is 6.08. The highest BCUT2D eigenvalue weighted by molar-refractivity contribution is 7.99. The van der Waals surface area contributed by atoms with Crippen LogP contribution in [0.1, 0.15) is 0 Å². The molecule has 1 aromatic heterocycles. The zero-order chi connectivity index (χ0) is 13.4. The molecule has 0 bridgehead atoms. The Morgan fingerprint density at radius 3 is 3.00 bits per heavy atom. The van der Waals surface area contributed by atoms with Gasteiger partial charge in [-0.05, 0) is 10.4 Å². The lowest BCUT2D eigenvalue weighted by Crippen LogP contribution is -2.31. The molecule has 0 saturated heterocycles. The van der Waals surface area contributed by atoms with Gasteiger partial charge in [0.05, 0.1) is 12.4 Å². The van der Waals surface area contributed by atoms with Gasteiger partial charge in [0.25, 0.3) is 0 Å². The lowest BCUT2D eigenvalue weighted by Gasteiger charge is -2.05. The Labute approximate surface area is 107 Å². The number of nitrogens with zero attached hydrogens (tertiary/aromatic N) is 4. The zero-order valence-electron chi connectivity index (χ0n) is 9.70. The average Bonchev–Trinajstić information content (AvgIpc) is 2.74. The second kappa shape index (κ2) is 7.61. The zero-order valence-corrected chi connectivity index (χ0v) is 10.5. The van der Waals surface area contributed by atoms with Crippen LogP contribution < -0.4 is 5.32 Å². The number of ether oxygens (including phenoxy) is 1. The molecule has 0 unspecified atom stereocenters. The van der Waals surface area contributed by atoms with Crippen molar-refractivity contribution in [2.24, 2.45) is 0 Å². The van der Waals surface area contributed by atoms with E-state index in [0.29, 0.717) is 18.3 Å². The van der Waals surface area contributed by atoms with Gasteiger partial charge in [0.15, 0.2) is 0 Å². The van der Waals surface area contributed by atoms with Crippen LogP contribution in [0, 0.1) is 0 Å². The topological polar surface area (TPSA) is 119 Å². The first-order valence-electron chi connectivity index (χ1n) is 5.00. The minimum atomic E-state index is -0.973. The number of hydrogen-bond acceptors (Lipinski definition) is 7. The van der Waals surface area contributed by atoms with E-state index in [-0.39, 0.29) is 18.2 Å². The summed E-state index contributed by atoms with van der Waals surface area (Å²) < 4.78 is 6.03. The minimum absolute atomic E-state index is 0.0569. The number of carbonyl (C=O) groups excluding carboxylic acids is 1. The number of tetrazole rings is 1. The first kappa shape index (κ1) is 14.4. The number of amides is 1. The number of nitrogens with one attached hydrogen (secondary N) is 1. The van der Waals surface area contributed by atoms with E-state index in [0.717, 1.165) is 11.8 Å². The Morgan fingerprint density at radius 1 is 1.56 bits per heavy atom. The Balaban J connectivity index is 2.43. The van der Waals surface area contributed by atoms with E-state index < -0.39 is 5.97 Å². The molecule has 0 aromatic carbocycles. The molecule has 0 saturated carbocycles. The first-order valence-corrected chi connectivity index (χ1v) is 5.98. The van der Waals surface area contributed by atoms with E-state index in [1.807, 2.05) is 0 Å². The molecule has 0 atom stereocenters. The fourth-order valence-corrected chi connectivity index (χ4v) is 1.61. The summed E-state index contributed by atoms with van der Waals surface area (Å²) in [5, 5.41) is 22.1. The smallest absolute Gasteiger partial charge is 0.313 e. The average molecular weight is 275 g/mol. The molecule has 10 heteroatoms. The summed E-state index contributed by atoms with van der Waals surface area (Å²) in [5.74, 6) is -1.40. The Bertz CT molecular complexity index is 410. The van der Waals surface area contributed by atoms with Crippen molar-refractivity contribution in [1.29, 1.82) is 0 Å². The van der Waals surface area contributed by atoms with Crippen LogP contribution in [0.5, 0.6) is 0 Å². The van der Waals surface area contributed by atoms with Gasteiger partial charge in [0.2, 0.25) is 11.1 Å². The van der Waals surface area contributed by atoms with Crippen LogP contribution in [0.2, 0.25) is 0 Å². The third kappa shape index (κ3) is 5.10. The van der Waals surface area contributed by atoms with E-state index >= 15 is 0 Å². The molecule has 9 nitrogen and oxygen atoms in total. The summed E-state index contributed by atoms with van der Waals surface area (Å²) in [7, 11) is 1.54. The van der Waals surface area contributed by atoms with E-state index in [9.17, 15) is 9.59 Å². The quantitative estimate of drug-likeness (QED) is 0.439. The monoisotopic (exact) mass is 275 g/mol. The highest BCUT2D eigenvalue weighted by Crippen LogP contribution is 2.12. The van der Waals surface area contributed by atoms with Crippen LogP contribution in [-0.2, 0) is 20.9 Å². The van der Waals surface area contributed by atoms with Gasteiger partial charge in [-0.25, -0.2) is 4.68 Å². The van der Waals surface area contributed by atoms with Crippen LogP contribution in [0.4, 0.5) is 0 Å². The van der Waals surface area contributed by atoms with Gasteiger partial charge in [-0.15, -0.1) is 5.10 Å². The summed E-state index contributed by atoms with van der Waals surface area (Å²) in [5.41, 5.74) is 0.